The Bertz CT molecular complexity index is 364. The Morgan fingerprint density at radius 3 is 2.19 bits per heavy atom. The van der Waals surface area contributed by atoms with Crippen molar-refractivity contribution in [3.8, 4) is 0 Å². The van der Waals surface area contributed by atoms with E-state index < -0.39 is 22.9 Å². The van der Waals surface area contributed by atoms with Crippen LogP contribution in [0.3, 0.4) is 0 Å². The van der Waals surface area contributed by atoms with Crippen LogP contribution in [-0.2, 0) is 0 Å². The average Bonchev–Trinajstić information content (AvgIpc) is 2.20. The molecule has 0 bridgehead atoms. The number of benzene rings is 1. The lowest BCUT2D eigenvalue weighted by Gasteiger charge is -2.19. The molecule has 5 heteroatoms. The topological polar surface area (TPSA) is 63.4 Å². The molecule has 16 heavy (non-hydrogen) atoms. The minimum Gasteiger partial charge on any atom is -0.385 e. The summed E-state index contributed by atoms with van der Waals surface area (Å²) in [5, 5.41) is 20.6. The molecule has 0 radical (unpaired) electrons. The van der Waals surface area contributed by atoms with Gasteiger partial charge in [-0.1, -0.05) is 13.8 Å². The maximum Gasteiger partial charge on any atom is 0.263 e. The molecule has 0 aliphatic heterocycles. The third-order valence-corrected chi connectivity index (χ3v) is 2.45. The standard InChI is InChI=1S/C11H14FNO3/c1-7(2)11(14)10(13(15)16)8-3-5-9(12)6-4-8/h3-7,10-11,14H,1-2H3. The third kappa shape index (κ3) is 2.76. The summed E-state index contributed by atoms with van der Waals surface area (Å²) in [7, 11) is 0. The number of hydrogen-bond donors (Lipinski definition) is 1. The SMILES string of the molecule is CC(C)C(O)C(c1ccc(F)cc1)[N+](=O)[O-]. The lowest BCUT2D eigenvalue weighted by Crippen LogP contribution is -2.29. The molecule has 0 saturated carbocycles. The molecule has 0 aliphatic rings. The maximum atomic E-state index is 12.7. The van der Waals surface area contributed by atoms with Gasteiger partial charge in [0.25, 0.3) is 6.04 Å². The Morgan fingerprint density at radius 1 is 1.31 bits per heavy atom. The van der Waals surface area contributed by atoms with Gasteiger partial charge in [-0.05, 0) is 30.2 Å². The predicted octanol–water partition coefficient (Wildman–Crippen LogP) is 2.16. The Balaban J connectivity index is 3.03. The first-order valence-electron chi connectivity index (χ1n) is 5.00. The first-order valence-corrected chi connectivity index (χ1v) is 5.00. The fourth-order valence-corrected chi connectivity index (χ4v) is 1.47. The highest BCUT2D eigenvalue weighted by Crippen LogP contribution is 2.25. The number of halogens is 1. The summed E-state index contributed by atoms with van der Waals surface area (Å²) >= 11 is 0. The van der Waals surface area contributed by atoms with E-state index in [0.717, 1.165) is 12.1 Å². The van der Waals surface area contributed by atoms with Gasteiger partial charge >= 0.3 is 0 Å². The second kappa shape index (κ2) is 5.03. The molecule has 0 aromatic heterocycles. The Morgan fingerprint density at radius 2 is 1.81 bits per heavy atom. The van der Waals surface area contributed by atoms with E-state index in [0.29, 0.717) is 5.56 Å². The number of nitro groups is 1. The average molecular weight is 227 g/mol. The quantitative estimate of drug-likeness (QED) is 0.633. The molecule has 1 rings (SSSR count). The number of aliphatic hydroxyl groups is 1. The van der Waals surface area contributed by atoms with E-state index in [1.165, 1.54) is 12.1 Å². The molecule has 0 aliphatic carbocycles. The fraction of sp³-hybridized carbons (Fsp3) is 0.455. The van der Waals surface area contributed by atoms with E-state index in [-0.39, 0.29) is 5.92 Å². The second-order valence-electron chi connectivity index (χ2n) is 4.02. The van der Waals surface area contributed by atoms with Crippen molar-refractivity contribution >= 4 is 0 Å². The van der Waals surface area contributed by atoms with Gasteiger partial charge in [-0.15, -0.1) is 0 Å². The molecule has 0 spiro atoms. The van der Waals surface area contributed by atoms with E-state index >= 15 is 0 Å². The van der Waals surface area contributed by atoms with Crippen LogP contribution in [0.15, 0.2) is 24.3 Å². The largest absolute Gasteiger partial charge is 0.385 e. The zero-order valence-electron chi connectivity index (χ0n) is 9.13. The number of nitrogens with zero attached hydrogens (tertiary/aromatic N) is 1. The van der Waals surface area contributed by atoms with Crippen molar-refractivity contribution in [2.45, 2.75) is 26.0 Å². The van der Waals surface area contributed by atoms with Crippen molar-refractivity contribution in [1.82, 2.24) is 0 Å². The van der Waals surface area contributed by atoms with Gasteiger partial charge in [0, 0.05) is 10.5 Å². The van der Waals surface area contributed by atoms with Crippen LogP contribution in [0, 0.1) is 21.8 Å². The summed E-state index contributed by atoms with van der Waals surface area (Å²) in [5.74, 6) is -0.690. The normalized spacial score (nSPS) is 14.8. The van der Waals surface area contributed by atoms with Gasteiger partial charge in [-0.25, -0.2) is 4.39 Å². The molecule has 2 atom stereocenters. The van der Waals surface area contributed by atoms with Gasteiger partial charge in [0.05, 0.1) is 0 Å². The van der Waals surface area contributed by atoms with E-state index in [1.54, 1.807) is 13.8 Å². The highest BCUT2D eigenvalue weighted by atomic mass is 19.1. The first kappa shape index (κ1) is 12.6. The minimum absolute atomic E-state index is 0.236. The Kier molecular flexibility index (Phi) is 3.95. The molecule has 1 aromatic carbocycles. The van der Waals surface area contributed by atoms with Crippen molar-refractivity contribution in [3.05, 3.63) is 45.8 Å². The molecular formula is C11H14FNO3. The lowest BCUT2D eigenvalue weighted by molar-refractivity contribution is -0.543. The van der Waals surface area contributed by atoms with Crippen LogP contribution in [0.25, 0.3) is 0 Å². The molecule has 1 N–H and O–H groups in total. The van der Waals surface area contributed by atoms with Crippen LogP contribution in [0.5, 0.6) is 0 Å². The Hall–Kier alpha value is -1.49. The molecule has 0 fully saturated rings. The highest BCUT2D eigenvalue weighted by Gasteiger charge is 2.33. The van der Waals surface area contributed by atoms with Crippen LogP contribution in [0.4, 0.5) is 4.39 Å². The highest BCUT2D eigenvalue weighted by molar-refractivity contribution is 5.19. The van der Waals surface area contributed by atoms with Crippen molar-refractivity contribution in [2.24, 2.45) is 5.92 Å². The molecule has 0 amide bonds. The zero-order chi connectivity index (χ0) is 12.3. The monoisotopic (exact) mass is 227 g/mol. The van der Waals surface area contributed by atoms with Crippen LogP contribution in [0.2, 0.25) is 0 Å². The van der Waals surface area contributed by atoms with Gasteiger partial charge in [0.1, 0.15) is 11.9 Å². The zero-order valence-corrected chi connectivity index (χ0v) is 9.13. The minimum atomic E-state index is -1.21. The van der Waals surface area contributed by atoms with Crippen LogP contribution < -0.4 is 0 Å². The summed E-state index contributed by atoms with van der Waals surface area (Å²) in [4.78, 5) is 10.3. The summed E-state index contributed by atoms with van der Waals surface area (Å²) in [6.07, 6.45) is -1.08. The van der Waals surface area contributed by atoms with Gasteiger partial charge in [-0.2, -0.15) is 0 Å². The summed E-state index contributed by atoms with van der Waals surface area (Å²) in [5.41, 5.74) is 0.313. The molecule has 1 aromatic rings. The van der Waals surface area contributed by atoms with Crippen molar-refractivity contribution in [2.75, 3.05) is 0 Å². The smallest absolute Gasteiger partial charge is 0.263 e. The Labute approximate surface area is 92.9 Å². The van der Waals surface area contributed by atoms with Gasteiger partial charge in [-0.3, -0.25) is 10.1 Å². The molecular weight excluding hydrogens is 213 g/mol. The lowest BCUT2D eigenvalue weighted by atomic mass is 9.94. The first-order chi connectivity index (χ1) is 7.43. The predicted molar refractivity (Wildman–Crippen MR) is 57.0 cm³/mol. The van der Waals surface area contributed by atoms with E-state index in [1.807, 2.05) is 0 Å². The van der Waals surface area contributed by atoms with E-state index in [4.69, 9.17) is 0 Å². The summed E-state index contributed by atoms with van der Waals surface area (Å²) in [6, 6.07) is 3.75. The molecule has 2 unspecified atom stereocenters. The van der Waals surface area contributed by atoms with Gasteiger partial charge < -0.3 is 5.11 Å². The third-order valence-electron chi connectivity index (χ3n) is 2.45. The van der Waals surface area contributed by atoms with E-state index in [9.17, 15) is 19.6 Å². The van der Waals surface area contributed by atoms with Crippen LogP contribution in [-0.4, -0.2) is 16.1 Å². The molecule has 4 nitrogen and oxygen atoms in total. The van der Waals surface area contributed by atoms with E-state index in [2.05, 4.69) is 0 Å². The van der Waals surface area contributed by atoms with Crippen molar-refractivity contribution < 1.29 is 14.4 Å². The second-order valence-corrected chi connectivity index (χ2v) is 4.02. The molecule has 88 valence electrons. The fourth-order valence-electron chi connectivity index (χ4n) is 1.47. The summed E-state index contributed by atoms with van der Waals surface area (Å²) in [6.45, 7) is 3.40. The summed E-state index contributed by atoms with van der Waals surface area (Å²) < 4.78 is 12.7. The molecule has 0 saturated heterocycles. The van der Waals surface area contributed by atoms with Crippen LogP contribution in [0.1, 0.15) is 25.5 Å². The van der Waals surface area contributed by atoms with Crippen LogP contribution >= 0.6 is 0 Å². The van der Waals surface area contributed by atoms with Gasteiger partial charge in [0.15, 0.2) is 0 Å². The molecule has 0 heterocycles. The van der Waals surface area contributed by atoms with Crippen molar-refractivity contribution in [1.29, 1.82) is 0 Å². The van der Waals surface area contributed by atoms with Crippen molar-refractivity contribution in [3.63, 3.8) is 0 Å². The van der Waals surface area contributed by atoms with Gasteiger partial charge in [0.2, 0.25) is 0 Å². The maximum absolute atomic E-state index is 12.7. The number of rotatable bonds is 4. The number of hydrogen-bond acceptors (Lipinski definition) is 3. The number of aliphatic hydroxyl groups excluding tert-OH is 1.